The molecule has 0 amide bonds. The van der Waals surface area contributed by atoms with Gasteiger partial charge in [-0.2, -0.15) is 0 Å². The Kier molecular flexibility index (Phi) is 3.13. The van der Waals surface area contributed by atoms with E-state index in [9.17, 15) is 13.7 Å². The fourth-order valence-corrected chi connectivity index (χ4v) is 3.07. The van der Waals surface area contributed by atoms with E-state index in [0.29, 0.717) is 5.56 Å². The summed E-state index contributed by atoms with van der Waals surface area (Å²) < 4.78 is 24.1. The molecule has 2 unspecified atom stereocenters. The van der Waals surface area contributed by atoms with Gasteiger partial charge in [0.2, 0.25) is 0 Å². The van der Waals surface area contributed by atoms with Gasteiger partial charge in [0.25, 0.3) is 0 Å². The van der Waals surface area contributed by atoms with Crippen LogP contribution in [0.15, 0.2) is 24.3 Å². The minimum Gasteiger partial charge on any atom is -0.384 e. The number of halogens is 1. The Balaban J connectivity index is 2.31. The van der Waals surface area contributed by atoms with Gasteiger partial charge in [0.15, 0.2) is 0 Å². The van der Waals surface area contributed by atoms with Crippen LogP contribution >= 0.6 is 0 Å². The van der Waals surface area contributed by atoms with E-state index in [4.69, 9.17) is 0 Å². The third-order valence-electron chi connectivity index (χ3n) is 3.02. The lowest BCUT2D eigenvalue weighted by Crippen LogP contribution is -2.34. The molecular weight excluding hydrogens is 227 g/mol. The number of benzene rings is 1. The molecule has 1 N–H and O–H groups in total. The van der Waals surface area contributed by atoms with Crippen LogP contribution in [0, 0.1) is 11.7 Å². The smallest absolute Gasteiger partial charge is 0.123 e. The first kappa shape index (κ1) is 11.7. The maximum atomic E-state index is 12.8. The van der Waals surface area contributed by atoms with Crippen molar-refractivity contribution in [2.75, 3.05) is 12.0 Å². The van der Waals surface area contributed by atoms with Gasteiger partial charge in [-0.25, -0.2) is 4.39 Å². The summed E-state index contributed by atoms with van der Waals surface area (Å²) in [5.74, 6) is 0.0740. The van der Waals surface area contributed by atoms with Gasteiger partial charge in [0.05, 0.1) is 5.75 Å². The molecule has 1 aromatic rings. The van der Waals surface area contributed by atoms with Crippen LogP contribution in [0.4, 0.5) is 4.39 Å². The van der Waals surface area contributed by atoms with E-state index in [2.05, 4.69) is 0 Å². The van der Waals surface area contributed by atoms with Crippen molar-refractivity contribution in [1.82, 2.24) is 0 Å². The Morgan fingerprint density at radius 2 is 2.00 bits per heavy atom. The number of hydrogen-bond donors (Lipinski definition) is 1. The van der Waals surface area contributed by atoms with E-state index in [1.54, 1.807) is 18.4 Å². The highest BCUT2D eigenvalue weighted by molar-refractivity contribution is 7.84. The van der Waals surface area contributed by atoms with Gasteiger partial charge in [-0.3, -0.25) is 4.21 Å². The topological polar surface area (TPSA) is 37.3 Å². The molecule has 4 heteroatoms. The average molecular weight is 242 g/mol. The quantitative estimate of drug-likeness (QED) is 0.874. The summed E-state index contributed by atoms with van der Waals surface area (Å²) in [6.07, 6.45) is 3.48. The Labute approximate surface area is 96.9 Å². The van der Waals surface area contributed by atoms with Crippen molar-refractivity contribution in [3.63, 3.8) is 0 Å². The van der Waals surface area contributed by atoms with Crippen LogP contribution in [0.25, 0.3) is 0 Å². The lowest BCUT2D eigenvalue weighted by Gasteiger charge is -2.27. The molecule has 1 fully saturated rings. The molecule has 0 radical (unpaired) electrons. The van der Waals surface area contributed by atoms with Crippen LogP contribution in [0.3, 0.4) is 0 Å². The molecule has 0 heterocycles. The highest BCUT2D eigenvalue weighted by Gasteiger charge is 2.45. The largest absolute Gasteiger partial charge is 0.384 e. The number of hydrogen-bond acceptors (Lipinski definition) is 2. The summed E-state index contributed by atoms with van der Waals surface area (Å²) in [6.45, 7) is 0. The molecule has 2 nitrogen and oxygen atoms in total. The summed E-state index contributed by atoms with van der Waals surface area (Å²) in [6, 6.07) is 5.84. The predicted octanol–water partition coefficient (Wildman–Crippen LogP) is 1.80. The zero-order valence-electron chi connectivity index (χ0n) is 9.15. The van der Waals surface area contributed by atoms with E-state index in [1.807, 2.05) is 0 Å². The first-order valence-electron chi connectivity index (χ1n) is 5.31. The summed E-state index contributed by atoms with van der Waals surface area (Å²) in [5, 5.41) is 10.6. The molecule has 88 valence electrons. The summed E-state index contributed by atoms with van der Waals surface area (Å²) in [4.78, 5) is 0. The van der Waals surface area contributed by atoms with Crippen molar-refractivity contribution in [2.24, 2.45) is 5.92 Å². The lowest BCUT2D eigenvalue weighted by atomic mass is 9.91. The number of aliphatic hydroxyl groups is 1. The van der Waals surface area contributed by atoms with E-state index in [-0.39, 0.29) is 17.5 Å². The van der Waals surface area contributed by atoms with Gasteiger partial charge in [-0.15, -0.1) is 0 Å². The summed E-state index contributed by atoms with van der Waals surface area (Å²) in [5.41, 5.74) is -0.376. The van der Waals surface area contributed by atoms with Gasteiger partial charge < -0.3 is 5.11 Å². The molecule has 1 aromatic carbocycles. The third-order valence-corrected chi connectivity index (χ3v) is 3.87. The Hall–Kier alpha value is -0.740. The lowest BCUT2D eigenvalue weighted by molar-refractivity contribution is 0.0375. The minimum atomic E-state index is -1.07. The monoisotopic (exact) mass is 242 g/mol. The van der Waals surface area contributed by atoms with E-state index in [1.165, 1.54) is 12.1 Å². The van der Waals surface area contributed by atoms with Crippen molar-refractivity contribution >= 4 is 10.8 Å². The molecule has 0 bridgehead atoms. The second-order valence-electron chi connectivity index (χ2n) is 4.42. The number of rotatable bonds is 4. The molecule has 0 aliphatic heterocycles. The Bertz CT molecular complexity index is 400. The zero-order valence-corrected chi connectivity index (χ0v) is 9.97. The van der Waals surface area contributed by atoms with Crippen LogP contribution in [0.5, 0.6) is 0 Å². The molecule has 1 aliphatic carbocycles. The third kappa shape index (κ3) is 2.33. The summed E-state index contributed by atoms with van der Waals surface area (Å²) >= 11 is 0. The van der Waals surface area contributed by atoms with Gasteiger partial charge in [-0.05, 0) is 36.5 Å². The second-order valence-corrected chi connectivity index (χ2v) is 5.86. The van der Waals surface area contributed by atoms with Gasteiger partial charge in [0, 0.05) is 17.1 Å². The average Bonchev–Trinajstić information content (AvgIpc) is 3.00. The van der Waals surface area contributed by atoms with Gasteiger partial charge in [-0.1, -0.05) is 12.1 Å². The summed E-state index contributed by atoms with van der Waals surface area (Å²) in [7, 11) is -1.07. The molecule has 16 heavy (non-hydrogen) atoms. The zero-order chi connectivity index (χ0) is 11.8. The van der Waals surface area contributed by atoms with Crippen LogP contribution < -0.4 is 0 Å². The molecule has 2 atom stereocenters. The molecule has 1 saturated carbocycles. The molecular formula is C12H15FO2S. The van der Waals surface area contributed by atoms with E-state index >= 15 is 0 Å². The molecule has 1 aliphatic rings. The highest BCUT2D eigenvalue weighted by atomic mass is 32.2. The van der Waals surface area contributed by atoms with Crippen LogP contribution in [0.1, 0.15) is 18.4 Å². The second kappa shape index (κ2) is 4.26. The SMILES string of the molecule is CS(=O)CC(O)(c1ccc(F)cc1)C1CC1. The van der Waals surface area contributed by atoms with Gasteiger partial charge >= 0.3 is 0 Å². The fraction of sp³-hybridized carbons (Fsp3) is 0.500. The first-order chi connectivity index (χ1) is 7.52. The van der Waals surface area contributed by atoms with Crippen LogP contribution in [0.2, 0.25) is 0 Å². The Morgan fingerprint density at radius 3 is 2.44 bits per heavy atom. The van der Waals surface area contributed by atoms with Crippen molar-refractivity contribution in [1.29, 1.82) is 0 Å². The Morgan fingerprint density at radius 1 is 1.44 bits per heavy atom. The molecule has 0 saturated heterocycles. The normalized spacial score (nSPS) is 21.4. The van der Waals surface area contributed by atoms with Crippen molar-refractivity contribution in [3.8, 4) is 0 Å². The highest BCUT2D eigenvalue weighted by Crippen LogP contribution is 2.46. The van der Waals surface area contributed by atoms with Crippen molar-refractivity contribution < 1.29 is 13.7 Å². The maximum Gasteiger partial charge on any atom is 0.123 e. The van der Waals surface area contributed by atoms with E-state index in [0.717, 1.165) is 12.8 Å². The van der Waals surface area contributed by atoms with Gasteiger partial charge in [0.1, 0.15) is 11.4 Å². The molecule has 2 rings (SSSR count). The maximum absolute atomic E-state index is 12.8. The van der Waals surface area contributed by atoms with E-state index < -0.39 is 16.4 Å². The molecule has 0 spiro atoms. The van der Waals surface area contributed by atoms with Crippen molar-refractivity contribution in [2.45, 2.75) is 18.4 Å². The molecule has 0 aromatic heterocycles. The standard InChI is InChI=1S/C12H15FO2S/c1-16(15)8-12(14,9-2-3-9)10-4-6-11(13)7-5-10/h4-7,9,14H,2-3,8H2,1H3. The fourth-order valence-electron chi connectivity index (χ4n) is 2.05. The minimum absolute atomic E-state index is 0.168. The van der Waals surface area contributed by atoms with Crippen LogP contribution in [-0.4, -0.2) is 21.3 Å². The van der Waals surface area contributed by atoms with Crippen LogP contribution in [-0.2, 0) is 16.4 Å². The first-order valence-corrected chi connectivity index (χ1v) is 7.03. The van der Waals surface area contributed by atoms with Crippen molar-refractivity contribution in [3.05, 3.63) is 35.6 Å². The predicted molar refractivity (Wildman–Crippen MR) is 62.0 cm³/mol.